The van der Waals surface area contributed by atoms with E-state index >= 15 is 0 Å². The van der Waals surface area contributed by atoms with E-state index in [2.05, 4.69) is 15.6 Å². The van der Waals surface area contributed by atoms with E-state index in [1.54, 1.807) is 44.4 Å². The summed E-state index contributed by atoms with van der Waals surface area (Å²) in [5.74, 6) is 0.789. The molecular weight excluding hydrogens is 377 g/mol. The third kappa shape index (κ3) is 6.24. The molecule has 5 nitrogen and oxygen atoms in total. The number of rotatable bonds is 5. The Hall–Kier alpha value is -0.830. The molecule has 0 aromatic heterocycles. The normalized spacial score (nSPS) is 11.6. The Labute approximate surface area is 131 Å². The summed E-state index contributed by atoms with van der Waals surface area (Å²) in [6, 6.07) is 8.50. The molecule has 0 radical (unpaired) electrons. The molecule has 0 bridgehead atoms. The van der Waals surface area contributed by atoms with Crippen LogP contribution in [0.2, 0.25) is 0 Å². The molecule has 0 saturated carbocycles. The topological polar surface area (TPSA) is 70.6 Å². The van der Waals surface area contributed by atoms with Gasteiger partial charge in [0, 0.05) is 20.6 Å². The minimum atomic E-state index is -3.17. The van der Waals surface area contributed by atoms with Crippen molar-refractivity contribution in [2.24, 2.45) is 4.99 Å². The predicted molar refractivity (Wildman–Crippen MR) is 88.9 cm³/mol. The Morgan fingerprint density at radius 3 is 2.42 bits per heavy atom. The van der Waals surface area contributed by atoms with E-state index < -0.39 is 9.84 Å². The highest BCUT2D eigenvalue weighted by molar-refractivity contribution is 14.0. The smallest absolute Gasteiger partial charge is 0.190 e. The Kier molecular flexibility index (Phi) is 8.73. The van der Waals surface area contributed by atoms with Crippen molar-refractivity contribution in [1.82, 2.24) is 10.6 Å². The molecule has 19 heavy (non-hydrogen) atoms. The van der Waals surface area contributed by atoms with E-state index in [0.29, 0.717) is 23.8 Å². The van der Waals surface area contributed by atoms with Crippen molar-refractivity contribution in [2.45, 2.75) is 11.3 Å². The zero-order valence-corrected chi connectivity index (χ0v) is 14.2. The predicted octanol–water partition coefficient (Wildman–Crippen LogP) is 1.26. The number of guanidine groups is 1. The number of halogens is 1. The summed E-state index contributed by atoms with van der Waals surface area (Å²) in [7, 11) is 0.254. The van der Waals surface area contributed by atoms with Crippen LogP contribution in [0.25, 0.3) is 0 Å². The third-order valence-electron chi connectivity index (χ3n) is 2.45. The molecule has 1 aromatic rings. The molecule has 0 heterocycles. The second kappa shape index (κ2) is 9.13. The van der Waals surface area contributed by atoms with E-state index in [1.165, 1.54) is 0 Å². The Bertz CT molecular complexity index is 489. The van der Waals surface area contributed by atoms with Gasteiger partial charge in [-0.3, -0.25) is 4.99 Å². The molecule has 0 spiro atoms. The van der Waals surface area contributed by atoms with Crippen LogP contribution >= 0.6 is 24.0 Å². The van der Waals surface area contributed by atoms with Gasteiger partial charge in [0.05, 0.1) is 10.6 Å². The van der Waals surface area contributed by atoms with Gasteiger partial charge >= 0.3 is 0 Å². The van der Waals surface area contributed by atoms with Gasteiger partial charge in [-0.2, -0.15) is 0 Å². The van der Waals surface area contributed by atoms with Crippen molar-refractivity contribution in [1.29, 1.82) is 0 Å². The Morgan fingerprint density at radius 2 is 1.89 bits per heavy atom. The molecule has 0 atom stereocenters. The average molecular weight is 397 g/mol. The van der Waals surface area contributed by atoms with Crippen LogP contribution in [0.3, 0.4) is 0 Å². The first-order valence-corrected chi connectivity index (χ1v) is 7.41. The number of hydrogen-bond acceptors (Lipinski definition) is 3. The lowest BCUT2D eigenvalue weighted by molar-refractivity contribution is 0.592. The van der Waals surface area contributed by atoms with Crippen LogP contribution in [0.15, 0.2) is 40.2 Å². The largest absolute Gasteiger partial charge is 0.359 e. The summed E-state index contributed by atoms with van der Waals surface area (Å²) in [4.78, 5) is 4.32. The minimum absolute atomic E-state index is 0. The number of nitrogens with one attached hydrogen (secondary N) is 2. The lowest BCUT2D eigenvalue weighted by Crippen LogP contribution is -2.35. The van der Waals surface area contributed by atoms with Gasteiger partial charge < -0.3 is 10.6 Å². The maximum atomic E-state index is 11.9. The first-order valence-electron chi connectivity index (χ1n) is 5.76. The Balaban J connectivity index is 0.00000324. The van der Waals surface area contributed by atoms with E-state index in [9.17, 15) is 8.42 Å². The molecule has 2 N–H and O–H groups in total. The highest BCUT2D eigenvalue weighted by Crippen LogP contribution is 2.10. The average Bonchev–Trinajstić information content (AvgIpc) is 2.40. The minimum Gasteiger partial charge on any atom is -0.359 e. The Morgan fingerprint density at radius 1 is 1.26 bits per heavy atom. The molecule has 108 valence electrons. The van der Waals surface area contributed by atoms with Crippen molar-refractivity contribution < 1.29 is 8.42 Å². The van der Waals surface area contributed by atoms with Gasteiger partial charge in [-0.15, -0.1) is 24.0 Å². The van der Waals surface area contributed by atoms with Crippen molar-refractivity contribution in [2.75, 3.05) is 26.4 Å². The van der Waals surface area contributed by atoms with E-state index in [-0.39, 0.29) is 29.7 Å². The highest BCUT2D eigenvalue weighted by atomic mass is 127. The molecule has 0 saturated heterocycles. The van der Waals surface area contributed by atoms with Crippen LogP contribution in [0, 0.1) is 0 Å². The van der Waals surface area contributed by atoms with Crippen LogP contribution < -0.4 is 10.6 Å². The van der Waals surface area contributed by atoms with Crippen LogP contribution in [-0.2, 0) is 9.84 Å². The van der Waals surface area contributed by atoms with Gasteiger partial charge in [-0.25, -0.2) is 8.42 Å². The van der Waals surface area contributed by atoms with Gasteiger partial charge in [-0.1, -0.05) is 18.2 Å². The zero-order chi connectivity index (χ0) is 13.4. The lowest BCUT2D eigenvalue weighted by atomic mass is 10.4. The van der Waals surface area contributed by atoms with E-state index in [1.807, 2.05) is 0 Å². The van der Waals surface area contributed by atoms with Crippen LogP contribution in [0.1, 0.15) is 6.42 Å². The molecule has 0 aliphatic heterocycles. The van der Waals surface area contributed by atoms with Crippen molar-refractivity contribution in [3.63, 3.8) is 0 Å². The van der Waals surface area contributed by atoms with Crippen LogP contribution in [0.4, 0.5) is 0 Å². The number of nitrogens with zero attached hydrogens (tertiary/aromatic N) is 1. The summed E-state index contributed by atoms with van der Waals surface area (Å²) in [6.45, 7) is 0.569. The summed E-state index contributed by atoms with van der Waals surface area (Å²) in [5, 5.41) is 5.89. The summed E-state index contributed by atoms with van der Waals surface area (Å²) < 4.78 is 23.9. The summed E-state index contributed by atoms with van der Waals surface area (Å²) in [5.41, 5.74) is 0. The molecule has 0 amide bonds. The fourth-order valence-corrected chi connectivity index (χ4v) is 2.83. The summed E-state index contributed by atoms with van der Waals surface area (Å²) >= 11 is 0. The van der Waals surface area contributed by atoms with E-state index in [4.69, 9.17) is 0 Å². The second-order valence-corrected chi connectivity index (χ2v) is 5.84. The number of aliphatic imine (C=N–C) groups is 1. The molecular formula is C12H20IN3O2S. The van der Waals surface area contributed by atoms with Gasteiger partial charge in [0.15, 0.2) is 15.8 Å². The molecule has 0 aliphatic carbocycles. The molecule has 7 heteroatoms. The SMILES string of the molecule is CN=C(NC)NCCCS(=O)(=O)c1ccccc1.I. The first-order chi connectivity index (χ1) is 8.60. The molecule has 0 aliphatic rings. The quantitative estimate of drug-likeness (QED) is 0.340. The molecule has 0 unspecified atom stereocenters. The number of sulfone groups is 1. The highest BCUT2D eigenvalue weighted by Gasteiger charge is 2.12. The number of benzene rings is 1. The lowest BCUT2D eigenvalue weighted by Gasteiger charge is -2.08. The monoisotopic (exact) mass is 397 g/mol. The van der Waals surface area contributed by atoms with Crippen LogP contribution in [-0.4, -0.2) is 40.8 Å². The van der Waals surface area contributed by atoms with Gasteiger partial charge in [0.25, 0.3) is 0 Å². The van der Waals surface area contributed by atoms with Crippen LogP contribution in [0.5, 0.6) is 0 Å². The standard InChI is InChI=1S/C12H19N3O2S.HI/c1-13-12(14-2)15-9-6-10-18(16,17)11-7-4-3-5-8-11;/h3-5,7-8H,6,9-10H2,1-2H3,(H2,13,14,15);1H. The zero-order valence-electron chi connectivity index (χ0n) is 11.1. The molecule has 0 fully saturated rings. The molecule has 1 rings (SSSR count). The number of hydrogen-bond donors (Lipinski definition) is 2. The van der Waals surface area contributed by atoms with E-state index in [0.717, 1.165) is 0 Å². The van der Waals surface area contributed by atoms with Crippen molar-refractivity contribution >= 4 is 39.8 Å². The first kappa shape index (κ1) is 18.2. The third-order valence-corrected chi connectivity index (χ3v) is 4.26. The summed E-state index contributed by atoms with van der Waals surface area (Å²) in [6.07, 6.45) is 0.540. The molecule has 1 aromatic carbocycles. The van der Waals surface area contributed by atoms with Crippen molar-refractivity contribution in [3.8, 4) is 0 Å². The second-order valence-electron chi connectivity index (χ2n) is 3.73. The van der Waals surface area contributed by atoms with Gasteiger partial charge in [0.2, 0.25) is 0 Å². The maximum absolute atomic E-state index is 11.9. The van der Waals surface area contributed by atoms with Crippen molar-refractivity contribution in [3.05, 3.63) is 30.3 Å². The fraction of sp³-hybridized carbons (Fsp3) is 0.417. The maximum Gasteiger partial charge on any atom is 0.190 e. The van der Waals surface area contributed by atoms with Gasteiger partial charge in [-0.05, 0) is 18.6 Å². The fourth-order valence-electron chi connectivity index (χ4n) is 1.49. The van der Waals surface area contributed by atoms with Gasteiger partial charge in [0.1, 0.15) is 0 Å².